The van der Waals surface area contributed by atoms with Crippen molar-refractivity contribution < 1.29 is 9.47 Å². The molecule has 2 unspecified atom stereocenters. The lowest BCUT2D eigenvalue weighted by atomic mass is 10.0. The molecule has 114 valence electrons. The van der Waals surface area contributed by atoms with Crippen molar-refractivity contribution in [2.75, 3.05) is 7.11 Å². The zero-order valence-electron chi connectivity index (χ0n) is 12.8. The summed E-state index contributed by atoms with van der Waals surface area (Å²) >= 11 is 1.66. The van der Waals surface area contributed by atoms with Gasteiger partial charge in [0.05, 0.1) is 7.11 Å². The van der Waals surface area contributed by atoms with Crippen molar-refractivity contribution in [2.45, 2.75) is 38.8 Å². The number of benzene rings is 1. The highest BCUT2D eigenvalue weighted by molar-refractivity contribution is 7.07. The minimum atomic E-state index is -0.150. The van der Waals surface area contributed by atoms with E-state index in [-0.39, 0.29) is 12.1 Å². The highest BCUT2D eigenvalue weighted by atomic mass is 32.1. The molecule has 2 N–H and O–H groups in total. The number of hydrogen-bond acceptors (Lipinski definition) is 4. The topological polar surface area (TPSA) is 44.5 Å². The fourth-order valence-corrected chi connectivity index (χ4v) is 2.90. The first kappa shape index (κ1) is 15.9. The summed E-state index contributed by atoms with van der Waals surface area (Å²) in [6.45, 7) is 4.20. The van der Waals surface area contributed by atoms with Gasteiger partial charge in [-0.25, -0.2) is 0 Å². The maximum Gasteiger partial charge on any atom is 0.162 e. The van der Waals surface area contributed by atoms with Crippen molar-refractivity contribution in [3.8, 4) is 11.5 Å². The van der Waals surface area contributed by atoms with E-state index in [1.165, 1.54) is 5.56 Å². The Kier molecular flexibility index (Phi) is 5.65. The van der Waals surface area contributed by atoms with Crippen molar-refractivity contribution in [3.63, 3.8) is 0 Å². The Morgan fingerprint density at radius 3 is 2.57 bits per heavy atom. The lowest BCUT2D eigenvalue weighted by Crippen LogP contribution is -2.31. The Morgan fingerprint density at radius 2 is 2.00 bits per heavy atom. The monoisotopic (exact) mass is 305 g/mol. The van der Waals surface area contributed by atoms with Crippen LogP contribution in [0.3, 0.4) is 0 Å². The number of nitrogens with two attached hydrogens (primary N) is 1. The predicted octanol–water partition coefficient (Wildman–Crippen LogP) is 4.18. The average molecular weight is 305 g/mol. The third-order valence-corrected chi connectivity index (χ3v) is 4.32. The predicted molar refractivity (Wildman–Crippen MR) is 88.3 cm³/mol. The molecule has 0 bridgehead atoms. The first-order valence-electron chi connectivity index (χ1n) is 7.30. The van der Waals surface area contributed by atoms with E-state index in [1.807, 2.05) is 17.5 Å². The molecule has 0 aliphatic heterocycles. The smallest absolute Gasteiger partial charge is 0.162 e. The number of thiophene rings is 1. The van der Waals surface area contributed by atoms with Gasteiger partial charge in [0.1, 0.15) is 6.10 Å². The lowest BCUT2D eigenvalue weighted by molar-refractivity contribution is 0.165. The Balaban J connectivity index is 2.28. The average Bonchev–Trinajstić information content (AvgIpc) is 3.05. The van der Waals surface area contributed by atoms with Crippen LogP contribution in [0.4, 0.5) is 0 Å². The molecule has 0 saturated heterocycles. The van der Waals surface area contributed by atoms with Gasteiger partial charge in [0.15, 0.2) is 11.5 Å². The van der Waals surface area contributed by atoms with E-state index in [1.54, 1.807) is 18.4 Å². The first-order valence-corrected chi connectivity index (χ1v) is 8.25. The lowest BCUT2D eigenvalue weighted by Gasteiger charge is -2.25. The maximum atomic E-state index is 6.24. The summed E-state index contributed by atoms with van der Waals surface area (Å²) in [5.41, 5.74) is 8.59. The highest BCUT2D eigenvalue weighted by Gasteiger charge is 2.22. The summed E-state index contributed by atoms with van der Waals surface area (Å²) in [7, 11) is 1.67. The molecule has 2 aromatic rings. The molecule has 0 aliphatic carbocycles. The van der Waals surface area contributed by atoms with Gasteiger partial charge in [0, 0.05) is 11.6 Å². The fraction of sp³-hybridized carbons (Fsp3) is 0.412. The highest BCUT2D eigenvalue weighted by Crippen LogP contribution is 2.34. The molecule has 2 atom stereocenters. The van der Waals surface area contributed by atoms with Crippen molar-refractivity contribution in [1.29, 1.82) is 0 Å². The number of hydrogen-bond donors (Lipinski definition) is 1. The van der Waals surface area contributed by atoms with Crippen molar-refractivity contribution in [3.05, 3.63) is 46.2 Å². The molecule has 1 aromatic heterocycles. The molecule has 3 nitrogen and oxygen atoms in total. The van der Waals surface area contributed by atoms with Crippen molar-refractivity contribution >= 4 is 11.3 Å². The normalized spacial score (nSPS) is 13.7. The van der Waals surface area contributed by atoms with Gasteiger partial charge in [-0.1, -0.05) is 19.9 Å². The zero-order valence-corrected chi connectivity index (χ0v) is 13.7. The van der Waals surface area contributed by atoms with E-state index in [2.05, 4.69) is 31.4 Å². The van der Waals surface area contributed by atoms with Crippen LogP contribution in [0.25, 0.3) is 0 Å². The van der Waals surface area contributed by atoms with E-state index in [0.717, 1.165) is 29.9 Å². The summed E-state index contributed by atoms with van der Waals surface area (Å²) < 4.78 is 11.6. The SMILES string of the molecule is CCc1ccc(OC(c2ccsc2)C(N)CC)c(OC)c1. The van der Waals surface area contributed by atoms with Crippen molar-refractivity contribution in [1.82, 2.24) is 0 Å². The minimum absolute atomic E-state index is 0.0462. The molecule has 0 fully saturated rings. The standard InChI is InChI=1S/C17H23NO2S/c1-4-12-6-7-15(16(10-12)19-3)20-17(14(18)5-2)13-8-9-21-11-13/h6-11,14,17H,4-5,18H2,1-3H3. The minimum Gasteiger partial charge on any atom is -0.493 e. The van der Waals surface area contributed by atoms with Crippen molar-refractivity contribution in [2.24, 2.45) is 5.73 Å². The second-order valence-electron chi connectivity index (χ2n) is 5.01. The molecule has 0 amide bonds. The number of ether oxygens (including phenoxy) is 2. The Labute approximate surface area is 130 Å². The molecule has 0 radical (unpaired) electrons. The Hall–Kier alpha value is -1.52. The molecule has 2 rings (SSSR count). The quantitative estimate of drug-likeness (QED) is 0.834. The maximum absolute atomic E-state index is 6.24. The van der Waals surface area contributed by atoms with Crippen LogP contribution in [0.2, 0.25) is 0 Å². The third-order valence-electron chi connectivity index (χ3n) is 3.62. The van der Waals surface area contributed by atoms with Crippen LogP contribution in [-0.2, 0) is 6.42 Å². The summed E-state index contributed by atoms with van der Waals surface area (Å²) in [5.74, 6) is 1.51. The van der Waals surface area contributed by atoms with E-state index >= 15 is 0 Å². The summed E-state index contributed by atoms with van der Waals surface area (Å²) in [6, 6.07) is 8.09. The molecule has 0 spiro atoms. The van der Waals surface area contributed by atoms with Gasteiger partial charge in [0.2, 0.25) is 0 Å². The van der Waals surface area contributed by atoms with E-state index in [0.29, 0.717) is 0 Å². The van der Waals surface area contributed by atoms with Gasteiger partial charge in [-0.05, 0) is 47.4 Å². The largest absolute Gasteiger partial charge is 0.493 e. The molecule has 21 heavy (non-hydrogen) atoms. The van der Waals surface area contributed by atoms with Crippen LogP contribution < -0.4 is 15.2 Å². The van der Waals surface area contributed by atoms with Gasteiger partial charge in [-0.3, -0.25) is 0 Å². The Bertz CT molecular complexity index is 554. The molecule has 1 heterocycles. The second kappa shape index (κ2) is 7.48. The van der Waals surface area contributed by atoms with Crippen LogP contribution in [0.1, 0.15) is 37.5 Å². The Morgan fingerprint density at radius 1 is 1.19 bits per heavy atom. The van der Waals surface area contributed by atoms with Gasteiger partial charge in [0.25, 0.3) is 0 Å². The molecule has 0 aliphatic rings. The van der Waals surface area contributed by atoms with E-state index in [4.69, 9.17) is 15.2 Å². The van der Waals surface area contributed by atoms with Gasteiger partial charge in [-0.2, -0.15) is 11.3 Å². The molecule has 0 saturated carbocycles. The number of methoxy groups -OCH3 is 1. The van der Waals surface area contributed by atoms with Crippen LogP contribution in [0.15, 0.2) is 35.0 Å². The molecular formula is C17H23NO2S. The molecule has 1 aromatic carbocycles. The van der Waals surface area contributed by atoms with Crippen LogP contribution in [-0.4, -0.2) is 13.2 Å². The molecule has 4 heteroatoms. The zero-order chi connectivity index (χ0) is 15.2. The number of rotatable bonds is 7. The van der Waals surface area contributed by atoms with Gasteiger partial charge >= 0.3 is 0 Å². The summed E-state index contributed by atoms with van der Waals surface area (Å²) in [5, 5.41) is 4.14. The van der Waals surface area contributed by atoms with Crippen LogP contribution >= 0.6 is 11.3 Å². The van der Waals surface area contributed by atoms with Gasteiger partial charge < -0.3 is 15.2 Å². The fourth-order valence-electron chi connectivity index (χ4n) is 2.22. The van der Waals surface area contributed by atoms with Gasteiger partial charge in [-0.15, -0.1) is 0 Å². The number of aryl methyl sites for hydroxylation is 1. The van der Waals surface area contributed by atoms with Crippen LogP contribution in [0.5, 0.6) is 11.5 Å². The summed E-state index contributed by atoms with van der Waals surface area (Å²) in [4.78, 5) is 0. The van der Waals surface area contributed by atoms with Crippen LogP contribution in [0, 0.1) is 0 Å². The summed E-state index contributed by atoms with van der Waals surface area (Å²) in [6.07, 6.45) is 1.68. The van der Waals surface area contributed by atoms with E-state index < -0.39 is 0 Å². The van der Waals surface area contributed by atoms with E-state index in [9.17, 15) is 0 Å². The first-order chi connectivity index (χ1) is 10.2. The second-order valence-corrected chi connectivity index (χ2v) is 5.79. The third kappa shape index (κ3) is 3.77. The molecular weight excluding hydrogens is 282 g/mol.